The van der Waals surface area contributed by atoms with Crippen molar-refractivity contribution >= 4 is 27.8 Å². The zero-order valence-corrected chi connectivity index (χ0v) is 14.9. The lowest BCUT2D eigenvalue weighted by atomic mass is 10.2. The molecule has 0 spiro atoms. The van der Waals surface area contributed by atoms with Gasteiger partial charge in [0.25, 0.3) is 5.91 Å². The smallest absolute Gasteiger partial charge is 0.356 e. The Morgan fingerprint density at radius 2 is 1.88 bits per heavy atom. The van der Waals surface area contributed by atoms with Gasteiger partial charge in [0, 0.05) is 22.6 Å². The van der Waals surface area contributed by atoms with Gasteiger partial charge in [0.05, 0.1) is 5.69 Å². The number of carboxylic acids is 1. The molecule has 0 saturated carbocycles. The van der Waals surface area contributed by atoms with Crippen molar-refractivity contribution in [2.75, 3.05) is 0 Å². The highest BCUT2D eigenvalue weighted by Gasteiger charge is 2.20. The van der Waals surface area contributed by atoms with Crippen molar-refractivity contribution in [2.24, 2.45) is 0 Å². The summed E-state index contributed by atoms with van der Waals surface area (Å²) in [5.74, 6) is -2.25. The predicted octanol–water partition coefficient (Wildman–Crippen LogP) is 3.40. The molecule has 1 heterocycles. The fraction of sp³-hybridized carbons (Fsp3) is 0.0556. The Kier molecular flexibility index (Phi) is 5.13. The van der Waals surface area contributed by atoms with E-state index < -0.39 is 17.7 Å². The van der Waals surface area contributed by atoms with Crippen LogP contribution in [0.2, 0.25) is 0 Å². The van der Waals surface area contributed by atoms with Gasteiger partial charge in [0.15, 0.2) is 5.69 Å². The molecule has 0 fully saturated rings. The van der Waals surface area contributed by atoms with E-state index in [-0.39, 0.29) is 17.9 Å². The first kappa shape index (κ1) is 17.8. The van der Waals surface area contributed by atoms with E-state index in [2.05, 4.69) is 26.3 Å². The summed E-state index contributed by atoms with van der Waals surface area (Å²) in [6.07, 6.45) is 0. The highest BCUT2D eigenvalue weighted by atomic mass is 79.9. The highest BCUT2D eigenvalue weighted by molar-refractivity contribution is 9.10. The maximum Gasteiger partial charge on any atom is 0.356 e. The van der Waals surface area contributed by atoms with E-state index in [1.165, 1.54) is 16.8 Å². The summed E-state index contributed by atoms with van der Waals surface area (Å²) in [5.41, 5.74) is 0.632. The number of aromatic nitrogens is 2. The van der Waals surface area contributed by atoms with Crippen LogP contribution in [0.25, 0.3) is 5.69 Å². The third-order valence-electron chi connectivity index (χ3n) is 3.61. The van der Waals surface area contributed by atoms with Crippen molar-refractivity contribution in [3.05, 3.63) is 81.8 Å². The van der Waals surface area contributed by atoms with E-state index >= 15 is 0 Å². The van der Waals surface area contributed by atoms with E-state index in [9.17, 15) is 14.0 Å². The average molecular weight is 418 g/mol. The predicted molar refractivity (Wildman–Crippen MR) is 95.8 cm³/mol. The first-order valence-corrected chi connectivity index (χ1v) is 8.36. The second-order valence-electron chi connectivity index (χ2n) is 5.39. The number of carbonyl (C=O) groups excluding carboxylic acids is 1. The van der Waals surface area contributed by atoms with Gasteiger partial charge in [-0.2, -0.15) is 5.10 Å². The number of hydrogen-bond acceptors (Lipinski definition) is 3. The Labute approximate surface area is 156 Å². The van der Waals surface area contributed by atoms with Gasteiger partial charge in [-0.15, -0.1) is 0 Å². The van der Waals surface area contributed by atoms with Crippen LogP contribution in [0.4, 0.5) is 4.39 Å². The topological polar surface area (TPSA) is 84.2 Å². The van der Waals surface area contributed by atoms with Crippen LogP contribution in [0.1, 0.15) is 26.5 Å². The van der Waals surface area contributed by atoms with Gasteiger partial charge in [-0.1, -0.05) is 34.1 Å². The molecule has 1 aromatic heterocycles. The van der Waals surface area contributed by atoms with Gasteiger partial charge in [-0.05, 0) is 30.3 Å². The molecular formula is C18H13BrFN3O3. The zero-order valence-electron chi connectivity index (χ0n) is 13.3. The molecule has 26 heavy (non-hydrogen) atoms. The van der Waals surface area contributed by atoms with Crippen LogP contribution in [-0.2, 0) is 6.54 Å². The minimum absolute atomic E-state index is 0.0454. The molecule has 0 aliphatic rings. The monoisotopic (exact) mass is 417 g/mol. The van der Waals surface area contributed by atoms with Crippen molar-refractivity contribution < 1.29 is 19.1 Å². The molecule has 1 amide bonds. The molecule has 0 saturated heterocycles. The molecule has 0 aliphatic carbocycles. The third kappa shape index (κ3) is 3.80. The summed E-state index contributed by atoms with van der Waals surface area (Å²) in [6.45, 7) is -0.0491. The van der Waals surface area contributed by atoms with Crippen LogP contribution in [0.5, 0.6) is 0 Å². The fourth-order valence-corrected chi connectivity index (χ4v) is 2.77. The lowest BCUT2D eigenvalue weighted by Crippen LogP contribution is -2.25. The summed E-state index contributed by atoms with van der Waals surface area (Å²) in [5, 5.41) is 15.7. The van der Waals surface area contributed by atoms with Gasteiger partial charge in [-0.3, -0.25) is 4.79 Å². The molecule has 0 aliphatic heterocycles. The largest absolute Gasteiger partial charge is 0.476 e. The second kappa shape index (κ2) is 7.49. The Morgan fingerprint density at radius 3 is 2.58 bits per heavy atom. The number of aromatic carboxylic acids is 1. The number of rotatable bonds is 5. The van der Waals surface area contributed by atoms with Crippen molar-refractivity contribution in [3.63, 3.8) is 0 Å². The normalized spacial score (nSPS) is 10.5. The lowest BCUT2D eigenvalue weighted by Gasteiger charge is -2.09. The van der Waals surface area contributed by atoms with Crippen LogP contribution >= 0.6 is 15.9 Å². The molecule has 0 radical (unpaired) electrons. The van der Waals surface area contributed by atoms with Crippen LogP contribution < -0.4 is 5.32 Å². The number of para-hydroxylation sites is 1. The highest BCUT2D eigenvalue weighted by Crippen LogP contribution is 2.16. The minimum Gasteiger partial charge on any atom is -0.476 e. The van der Waals surface area contributed by atoms with Gasteiger partial charge < -0.3 is 10.4 Å². The maximum absolute atomic E-state index is 13.8. The van der Waals surface area contributed by atoms with Crippen molar-refractivity contribution in [1.29, 1.82) is 0 Å². The number of nitrogens with one attached hydrogen (secondary N) is 1. The van der Waals surface area contributed by atoms with Crippen molar-refractivity contribution in [3.8, 4) is 5.69 Å². The standard InChI is InChI=1S/C18H13BrFN3O3/c19-12-6-7-14(20)11(8-12)10-21-17(24)16-9-15(18(25)26)22-23(16)13-4-2-1-3-5-13/h1-9H,10H2,(H,21,24)(H,25,26). The SMILES string of the molecule is O=C(O)c1cc(C(=O)NCc2cc(Br)ccc2F)n(-c2ccccc2)n1. The minimum atomic E-state index is -1.24. The Hall–Kier alpha value is -3.00. The van der Waals surface area contributed by atoms with E-state index in [0.717, 1.165) is 0 Å². The van der Waals surface area contributed by atoms with Crippen LogP contribution in [0.15, 0.2) is 59.1 Å². The maximum atomic E-state index is 13.8. The van der Waals surface area contributed by atoms with Gasteiger partial charge in [0.2, 0.25) is 0 Å². The summed E-state index contributed by atoms with van der Waals surface area (Å²) < 4.78 is 15.7. The van der Waals surface area contributed by atoms with Crippen LogP contribution in [-0.4, -0.2) is 26.8 Å². The number of nitrogens with zero attached hydrogens (tertiary/aromatic N) is 2. The lowest BCUT2D eigenvalue weighted by molar-refractivity contribution is 0.0689. The van der Waals surface area contributed by atoms with E-state index in [4.69, 9.17) is 5.11 Å². The number of benzene rings is 2. The second-order valence-corrected chi connectivity index (χ2v) is 6.30. The van der Waals surface area contributed by atoms with E-state index in [1.807, 2.05) is 0 Å². The zero-order chi connectivity index (χ0) is 18.7. The molecule has 0 bridgehead atoms. The Bertz CT molecular complexity index is 973. The Morgan fingerprint density at radius 1 is 1.15 bits per heavy atom. The van der Waals surface area contributed by atoms with E-state index in [0.29, 0.717) is 15.7 Å². The molecule has 0 atom stereocenters. The number of carboxylic acid groups (broad SMARTS) is 1. The molecule has 8 heteroatoms. The fourth-order valence-electron chi connectivity index (χ4n) is 2.36. The van der Waals surface area contributed by atoms with Crippen molar-refractivity contribution in [2.45, 2.75) is 6.54 Å². The molecule has 2 aromatic carbocycles. The average Bonchev–Trinajstić information content (AvgIpc) is 3.09. The molecular weight excluding hydrogens is 405 g/mol. The molecule has 3 rings (SSSR count). The number of hydrogen-bond donors (Lipinski definition) is 2. The first-order valence-electron chi connectivity index (χ1n) is 7.56. The summed E-state index contributed by atoms with van der Waals surface area (Å²) in [7, 11) is 0. The van der Waals surface area contributed by atoms with Gasteiger partial charge in [0.1, 0.15) is 11.5 Å². The molecule has 6 nitrogen and oxygen atoms in total. The molecule has 2 N–H and O–H groups in total. The van der Waals surface area contributed by atoms with Crippen LogP contribution in [0.3, 0.4) is 0 Å². The van der Waals surface area contributed by atoms with Gasteiger partial charge in [-0.25, -0.2) is 13.9 Å². The Balaban J connectivity index is 1.89. The quantitative estimate of drug-likeness (QED) is 0.666. The molecule has 132 valence electrons. The molecule has 0 unspecified atom stereocenters. The van der Waals surface area contributed by atoms with Gasteiger partial charge >= 0.3 is 5.97 Å². The number of halogens is 2. The summed E-state index contributed by atoms with van der Waals surface area (Å²) in [6, 6.07) is 14.3. The van der Waals surface area contributed by atoms with Crippen LogP contribution in [0, 0.1) is 5.82 Å². The third-order valence-corrected chi connectivity index (χ3v) is 4.10. The number of amides is 1. The summed E-state index contributed by atoms with van der Waals surface area (Å²) >= 11 is 3.25. The molecule has 3 aromatic rings. The summed E-state index contributed by atoms with van der Waals surface area (Å²) in [4.78, 5) is 23.8. The first-order chi connectivity index (χ1) is 12.5. The van der Waals surface area contributed by atoms with E-state index in [1.54, 1.807) is 42.5 Å². The number of carbonyl (C=O) groups is 2. The van der Waals surface area contributed by atoms with Crippen molar-refractivity contribution in [1.82, 2.24) is 15.1 Å².